The Bertz CT molecular complexity index is 408. The van der Waals surface area contributed by atoms with Crippen LogP contribution in [0.5, 0.6) is 0 Å². The third-order valence-corrected chi connectivity index (χ3v) is 3.87. The Balaban J connectivity index is 1.66. The molecule has 4 heteroatoms. The first-order valence-corrected chi connectivity index (χ1v) is 7.14. The lowest BCUT2D eigenvalue weighted by atomic mass is 10.1. The van der Waals surface area contributed by atoms with Gasteiger partial charge in [-0.2, -0.15) is 0 Å². The number of nitrogens with zero attached hydrogens (tertiary/aromatic N) is 3. The second kappa shape index (κ2) is 5.22. The van der Waals surface area contributed by atoms with Crippen molar-refractivity contribution in [1.82, 2.24) is 15.3 Å². The summed E-state index contributed by atoms with van der Waals surface area (Å²) in [6, 6.07) is 0.742. The molecule has 2 heterocycles. The number of piperidine rings is 1. The van der Waals surface area contributed by atoms with Crippen LogP contribution in [0.4, 0.5) is 5.95 Å². The van der Waals surface area contributed by atoms with Gasteiger partial charge in [0.05, 0.1) is 0 Å². The van der Waals surface area contributed by atoms with Crippen LogP contribution in [0.2, 0.25) is 0 Å². The summed E-state index contributed by atoms with van der Waals surface area (Å²) in [4.78, 5) is 11.5. The van der Waals surface area contributed by atoms with Gasteiger partial charge in [-0.25, -0.2) is 9.97 Å². The van der Waals surface area contributed by atoms with Crippen LogP contribution in [0.25, 0.3) is 0 Å². The van der Waals surface area contributed by atoms with Gasteiger partial charge in [0.2, 0.25) is 5.95 Å². The Labute approximate surface area is 109 Å². The number of nitrogens with one attached hydrogen (secondary N) is 1. The van der Waals surface area contributed by atoms with Crippen LogP contribution < -0.4 is 10.2 Å². The highest BCUT2D eigenvalue weighted by Crippen LogP contribution is 2.20. The second-order valence-corrected chi connectivity index (χ2v) is 5.48. The minimum atomic E-state index is 0.742. The average Bonchev–Trinajstić information content (AvgIpc) is 3.22. The van der Waals surface area contributed by atoms with Crippen molar-refractivity contribution in [2.24, 2.45) is 0 Å². The highest BCUT2D eigenvalue weighted by molar-refractivity contribution is 5.33. The van der Waals surface area contributed by atoms with Gasteiger partial charge in [0, 0.05) is 43.1 Å². The molecule has 0 bridgehead atoms. The van der Waals surface area contributed by atoms with Crippen LogP contribution in [0, 0.1) is 6.92 Å². The van der Waals surface area contributed by atoms with E-state index in [0.717, 1.165) is 37.3 Å². The quantitative estimate of drug-likeness (QED) is 0.882. The largest absolute Gasteiger partial charge is 0.341 e. The van der Waals surface area contributed by atoms with Gasteiger partial charge in [-0.05, 0) is 39.0 Å². The van der Waals surface area contributed by atoms with Crippen LogP contribution >= 0.6 is 0 Å². The molecule has 0 radical (unpaired) electrons. The molecule has 1 aromatic rings. The first kappa shape index (κ1) is 11.9. The molecule has 1 N–H and O–H groups in total. The lowest BCUT2D eigenvalue weighted by Gasteiger charge is -2.27. The van der Waals surface area contributed by atoms with Gasteiger partial charge in [0.1, 0.15) is 0 Å². The van der Waals surface area contributed by atoms with Gasteiger partial charge >= 0.3 is 0 Å². The molecule has 1 aliphatic carbocycles. The average molecular weight is 246 g/mol. The fraction of sp³-hybridized carbons (Fsp3) is 0.714. The Hall–Kier alpha value is -1.16. The molecule has 1 saturated carbocycles. The maximum absolute atomic E-state index is 4.67. The van der Waals surface area contributed by atoms with Crippen LogP contribution in [0.15, 0.2) is 6.20 Å². The molecular weight excluding hydrogens is 224 g/mol. The van der Waals surface area contributed by atoms with E-state index in [9.17, 15) is 0 Å². The van der Waals surface area contributed by atoms with E-state index < -0.39 is 0 Å². The zero-order valence-electron chi connectivity index (χ0n) is 11.2. The molecule has 0 aromatic carbocycles. The maximum Gasteiger partial charge on any atom is 0.225 e. The van der Waals surface area contributed by atoms with Gasteiger partial charge in [0.25, 0.3) is 0 Å². The summed E-state index contributed by atoms with van der Waals surface area (Å²) in [5.41, 5.74) is 2.36. The van der Waals surface area contributed by atoms with Gasteiger partial charge in [0.15, 0.2) is 0 Å². The van der Waals surface area contributed by atoms with Crippen molar-refractivity contribution in [3.05, 3.63) is 17.5 Å². The number of hydrogen-bond acceptors (Lipinski definition) is 4. The van der Waals surface area contributed by atoms with E-state index in [4.69, 9.17) is 0 Å². The van der Waals surface area contributed by atoms with Gasteiger partial charge in [-0.1, -0.05) is 0 Å². The van der Waals surface area contributed by atoms with E-state index in [2.05, 4.69) is 27.1 Å². The fourth-order valence-corrected chi connectivity index (χ4v) is 2.44. The minimum absolute atomic E-state index is 0.742. The summed E-state index contributed by atoms with van der Waals surface area (Å²) in [7, 11) is 0. The molecule has 18 heavy (non-hydrogen) atoms. The number of rotatable bonds is 4. The topological polar surface area (TPSA) is 41.1 Å². The predicted octanol–water partition coefficient (Wildman–Crippen LogP) is 2.03. The molecule has 0 spiro atoms. The van der Waals surface area contributed by atoms with E-state index in [1.165, 1.54) is 37.7 Å². The lowest BCUT2D eigenvalue weighted by molar-refractivity contribution is 0.566. The van der Waals surface area contributed by atoms with E-state index in [1.807, 2.05) is 6.20 Å². The first-order chi connectivity index (χ1) is 8.83. The molecule has 1 saturated heterocycles. The summed E-state index contributed by atoms with van der Waals surface area (Å²) in [6.45, 7) is 5.23. The monoisotopic (exact) mass is 246 g/mol. The Morgan fingerprint density at radius 1 is 1.28 bits per heavy atom. The molecule has 1 aliphatic heterocycles. The van der Waals surface area contributed by atoms with Crippen molar-refractivity contribution >= 4 is 5.95 Å². The van der Waals surface area contributed by atoms with Crippen LogP contribution in [0.3, 0.4) is 0 Å². The number of aromatic nitrogens is 2. The Morgan fingerprint density at radius 2 is 2.06 bits per heavy atom. The van der Waals surface area contributed by atoms with Crippen molar-refractivity contribution in [2.45, 2.75) is 51.6 Å². The molecule has 2 aliphatic rings. The first-order valence-electron chi connectivity index (χ1n) is 7.14. The Kier molecular flexibility index (Phi) is 3.46. The minimum Gasteiger partial charge on any atom is -0.341 e. The Morgan fingerprint density at radius 3 is 2.72 bits per heavy atom. The SMILES string of the molecule is Cc1nc(N2CCCCC2)ncc1CNC1CC1. The molecule has 1 aromatic heterocycles. The standard InChI is InChI=1S/C14H22N4/c1-11-12(9-15-13-5-6-13)10-16-14(17-11)18-7-3-2-4-8-18/h10,13,15H,2-9H2,1H3. The van der Waals surface area contributed by atoms with E-state index in [1.54, 1.807) is 0 Å². The zero-order chi connectivity index (χ0) is 12.4. The van der Waals surface area contributed by atoms with Crippen molar-refractivity contribution in [3.63, 3.8) is 0 Å². The number of anilines is 1. The molecule has 0 atom stereocenters. The molecule has 0 amide bonds. The molecule has 3 rings (SSSR count). The number of aryl methyl sites for hydroxylation is 1. The predicted molar refractivity (Wildman–Crippen MR) is 72.7 cm³/mol. The summed E-state index contributed by atoms with van der Waals surface area (Å²) in [5, 5.41) is 3.52. The lowest BCUT2D eigenvalue weighted by Crippen LogP contribution is -2.31. The van der Waals surface area contributed by atoms with Gasteiger partial charge in [-0.3, -0.25) is 0 Å². The molecule has 4 nitrogen and oxygen atoms in total. The van der Waals surface area contributed by atoms with Gasteiger partial charge in [-0.15, -0.1) is 0 Å². The second-order valence-electron chi connectivity index (χ2n) is 5.48. The van der Waals surface area contributed by atoms with Gasteiger partial charge < -0.3 is 10.2 Å². The summed E-state index contributed by atoms with van der Waals surface area (Å²) < 4.78 is 0. The van der Waals surface area contributed by atoms with Crippen LogP contribution in [-0.2, 0) is 6.54 Å². The summed E-state index contributed by atoms with van der Waals surface area (Å²) in [6.07, 6.45) is 8.54. The normalized spacial score (nSPS) is 20.2. The maximum atomic E-state index is 4.67. The summed E-state index contributed by atoms with van der Waals surface area (Å²) >= 11 is 0. The molecular formula is C14H22N4. The van der Waals surface area contributed by atoms with Crippen LogP contribution in [0.1, 0.15) is 43.4 Å². The van der Waals surface area contributed by atoms with Crippen molar-refractivity contribution in [2.75, 3.05) is 18.0 Å². The van der Waals surface area contributed by atoms with E-state index in [-0.39, 0.29) is 0 Å². The van der Waals surface area contributed by atoms with Crippen LogP contribution in [-0.4, -0.2) is 29.1 Å². The van der Waals surface area contributed by atoms with E-state index >= 15 is 0 Å². The third kappa shape index (κ3) is 2.80. The van der Waals surface area contributed by atoms with E-state index in [0.29, 0.717) is 0 Å². The number of hydrogen-bond donors (Lipinski definition) is 1. The smallest absolute Gasteiger partial charge is 0.225 e. The zero-order valence-corrected chi connectivity index (χ0v) is 11.2. The fourth-order valence-electron chi connectivity index (χ4n) is 2.44. The molecule has 98 valence electrons. The highest BCUT2D eigenvalue weighted by Gasteiger charge is 2.20. The van der Waals surface area contributed by atoms with Crippen molar-refractivity contribution in [1.29, 1.82) is 0 Å². The molecule has 0 unspecified atom stereocenters. The van der Waals surface area contributed by atoms with Crippen molar-refractivity contribution in [3.8, 4) is 0 Å². The molecule has 2 fully saturated rings. The highest BCUT2D eigenvalue weighted by atomic mass is 15.2. The summed E-state index contributed by atoms with van der Waals surface area (Å²) in [5.74, 6) is 0.919. The third-order valence-electron chi connectivity index (χ3n) is 3.87. The van der Waals surface area contributed by atoms with Crippen molar-refractivity contribution < 1.29 is 0 Å².